The molecule has 13 heavy (non-hydrogen) atoms. The average molecular weight is 171 g/mol. The van der Waals surface area contributed by atoms with Gasteiger partial charge in [-0.3, -0.25) is 0 Å². The van der Waals surface area contributed by atoms with Crippen LogP contribution in [0.25, 0.3) is 5.69 Å². The fourth-order valence-electron chi connectivity index (χ4n) is 1.35. The van der Waals surface area contributed by atoms with Crippen LogP contribution in [0.15, 0.2) is 36.4 Å². The average Bonchev–Trinajstić information content (AvgIpc) is 2.47. The second-order valence-electron chi connectivity index (χ2n) is 3.02. The Morgan fingerprint density at radius 1 is 1.23 bits per heavy atom. The largest absolute Gasteiger partial charge is 0.238 e. The molecule has 0 amide bonds. The van der Waals surface area contributed by atoms with Gasteiger partial charge in [-0.15, -0.1) is 0 Å². The van der Waals surface area contributed by atoms with E-state index < -0.39 is 0 Å². The van der Waals surface area contributed by atoms with Gasteiger partial charge in [0.1, 0.15) is 0 Å². The van der Waals surface area contributed by atoms with Crippen LogP contribution >= 0.6 is 0 Å². The van der Waals surface area contributed by atoms with Gasteiger partial charge < -0.3 is 0 Å². The topological polar surface area (TPSA) is 17.8 Å². The molecule has 0 atom stereocenters. The summed E-state index contributed by atoms with van der Waals surface area (Å²) in [7, 11) is 0. The summed E-state index contributed by atoms with van der Waals surface area (Å²) < 4.78 is 1.84. The van der Waals surface area contributed by atoms with Crippen LogP contribution in [0.5, 0.6) is 0 Å². The third-order valence-electron chi connectivity index (χ3n) is 1.91. The highest BCUT2D eigenvalue weighted by Gasteiger charge is 2.01. The zero-order chi connectivity index (χ0) is 9.26. The van der Waals surface area contributed by atoms with Crippen molar-refractivity contribution in [3.05, 3.63) is 54.7 Å². The van der Waals surface area contributed by atoms with E-state index in [2.05, 4.69) is 12.0 Å². The van der Waals surface area contributed by atoms with Gasteiger partial charge in [0.15, 0.2) is 0 Å². The summed E-state index contributed by atoms with van der Waals surface area (Å²) in [5, 5.41) is 4.33. The maximum Gasteiger partial charge on any atom is 0.0648 e. The number of rotatable bonds is 1. The summed E-state index contributed by atoms with van der Waals surface area (Å²) in [6, 6.07) is 12.0. The molecule has 0 saturated carbocycles. The van der Waals surface area contributed by atoms with Gasteiger partial charge in [-0.05, 0) is 32.0 Å². The number of aryl methyl sites for hydroxylation is 1. The standard InChI is InChI=1S/C11H11N2/c1-9-8-10(2)13(12-9)11-6-4-3-5-7-11/h3-8H,2H2,1H3. The van der Waals surface area contributed by atoms with Crippen molar-refractivity contribution in [1.29, 1.82) is 0 Å². The van der Waals surface area contributed by atoms with E-state index in [-0.39, 0.29) is 0 Å². The lowest BCUT2D eigenvalue weighted by atomic mass is 10.3. The molecule has 1 aromatic carbocycles. The minimum absolute atomic E-state index is 0.920. The van der Waals surface area contributed by atoms with Crippen LogP contribution in [0.4, 0.5) is 0 Å². The van der Waals surface area contributed by atoms with Gasteiger partial charge in [-0.1, -0.05) is 18.2 Å². The Balaban J connectivity index is 2.53. The second-order valence-corrected chi connectivity index (χ2v) is 3.02. The molecule has 2 nitrogen and oxygen atoms in total. The predicted octanol–water partition coefficient (Wildman–Crippen LogP) is 2.36. The molecule has 0 aliphatic carbocycles. The van der Waals surface area contributed by atoms with Crippen molar-refractivity contribution in [1.82, 2.24) is 9.78 Å². The Bertz CT molecular complexity index is 401. The van der Waals surface area contributed by atoms with Gasteiger partial charge in [0.2, 0.25) is 0 Å². The molecular formula is C11H11N2. The van der Waals surface area contributed by atoms with Crippen molar-refractivity contribution < 1.29 is 0 Å². The van der Waals surface area contributed by atoms with Crippen LogP contribution in [-0.4, -0.2) is 9.78 Å². The maximum absolute atomic E-state index is 4.33. The minimum Gasteiger partial charge on any atom is -0.238 e. The van der Waals surface area contributed by atoms with Gasteiger partial charge in [0.05, 0.1) is 11.4 Å². The lowest BCUT2D eigenvalue weighted by Gasteiger charge is -2.02. The third kappa shape index (κ3) is 1.47. The molecule has 0 fully saturated rings. The monoisotopic (exact) mass is 171 g/mol. The molecule has 0 spiro atoms. The molecule has 1 heterocycles. The first-order valence-electron chi connectivity index (χ1n) is 4.21. The number of aromatic nitrogens is 2. The van der Waals surface area contributed by atoms with Crippen molar-refractivity contribution in [3.8, 4) is 5.69 Å². The van der Waals surface area contributed by atoms with Gasteiger partial charge in [-0.2, -0.15) is 5.10 Å². The van der Waals surface area contributed by atoms with Gasteiger partial charge in [0, 0.05) is 5.69 Å². The predicted molar refractivity (Wildman–Crippen MR) is 52.8 cm³/mol. The fourth-order valence-corrected chi connectivity index (χ4v) is 1.35. The molecule has 0 unspecified atom stereocenters. The number of benzene rings is 1. The van der Waals surface area contributed by atoms with Crippen molar-refractivity contribution in [2.75, 3.05) is 0 Å². The molecule has 2 heteroatoms. The Kier molecular flexibility index (Phi) is 1.89. The number of nitrogens with zero attached hydrogens (tertiary/aromatic N) is 2. The van der Waals surface area contributed by atoms with Crippen molar-refractivity contribution >= 4 is 0 Å². The first-order valence-corrected chi connectivity index (χ1v) is 4.21. The van der Waals surface area contributed by atoms with Crippen molar-refractivity contribution in [3.63, 3.8) is 0 Å². The quantitative estimate of drug-likeness (QED) is 0.644. The number of hydrogen-bond donors (Lipinski definition) is 0. The van der Waals surface area contributed by atoms with Crippen molar-refractivity contribution in [2.45, 2.75) is 6.92 Å². The number of hydrogen-bond acceptors (Lipinski definition) is 1. The summed E-state index contributed by atoms with van der Waals surface area (Å²) in [4.78, 5) is 0. The molecule has 0 N–H and O–H groups in total. The molecule has 1 aromatic heterocycles. The number of para-hydroxylation sites is 1. The summed E-state index contributed by atoms with van der Waals surface area (Å²) in [6.07, 6.45) is 0. The Hall–Kier alpha value is -1.57. The summed E-state index contributed by atoms with van der Waals surface area (Å²) in [5.74, 6) is 0. The van der Waals surface area contributed by atoms with Crippen LogP contribution in [0, 0.1) is 13.8 Å². The Labute approximate surface area is 77.8 Å². The lowest BCUT2D eigenvalue weighted by Crippen LogP contribution is -1.97. The van der Waals surface area contributed by atoms with E-state index in [1.54, 1.807) is 0 Å². The van der Waals surface area contributed by atoms with Crippen LogP contribution in [0.3, 0.4) is 0 Å². The normalized spacial score (nSPS) is 10.3. The molecule has 0 aliphatic heterocycles. The zero-order valence-corrected chi connectivity index (χ0v) is 7.57. The summed E-state index contributed by atoms with van der Waals surface area (Å²) in [5.41, 5.74) is 2.97. The molecule has 0 saturated heterocycles. The molecule has 1 radical (unpaired) electrons. The third-order valence-corrected chi connectivity index (χ3v) is 1.91. The molecule has 2 aromatic rings. The van der Waals surface area contributed by atoms with Gasteiger partial charge >= 0.3 is 0 Å². The van der Waals surface area contributed by atoms with E-state index in [9.17, 15) is 0 Å². The Morgan fingerprint density at radius 3 is 2.46 bits per heavy atom. The molecular weight excluding hydrogens is 160 g/mol. The summed E-state index contributed by atoms with van der Waals surface area (Å²) in [6.45, 7) is 5.88. The van der Waals surface area contributed by atoms with E-state index in [4.69, 9.17) is 0 Å². The molecule has 65 valence electrons. The van der Waals surface area contributed by atoms with E-state index in [0.717, 1.165) is 17.1 Å². The first-order chi connectivity index (χ1) is 6.27. The van der Waals surface area contributed by atoms with Gasteiger partial charge in [-0.25, -0.2) is 4.68 Å². The van der Waals surface area contributed by atoms with E-state index in [0.29, 0.717) is 0 Å². The molecule has 0 aliphatic rings. The van der Waals surface area contributed by atoms with Gasteiger partial charge in [0.25, 0.3) is 0 Å². The van der Waals surface area contributed by atoms with E-state index in [1.807, 2.05) is 48.0 Å². The lowest BCUT2D eigenvalue weighted by molar-refractivity contribution is 0.848. The minimum atomic E-state index is 0.920. The highest BCUT2D eigenvalue weighted by atomic mass is 15.3. The van der Waals surface area contributed by atoms with Crippen LogP contribution in [-0.2, 0) is 0 Å². The highest BCUT2D eigenvalue weighted by Crippen LogP contribution is 2.10. The van der Waals surface area contributed by atoms with Crippen molar-refractivity contribution in [2.24, 2.45) is 0 Å². The molecule has 2 rings (SSSR count). The smallest absolute Gasteiger partial charge is 0.0648 e. The van der Waals surface area contributed by atoms with Crippen LogP contribution < -0.4 is 0 Å². The Morgan fingerprint density at radius 2 is 1.92 bits per heavy atom. The van der Waals surface area contributed by atoms with Crippen LogP contribution in [0.1, 0.15) is 11.4 Å². The van der Waals surface area contributed by atoms with E-state index in [1.165, 1.54) is 0 Å². The SMILES string of the molecule is [CH2]c1cc(C)nn1-c1ccccc1. The fraction of sp³-hybridized carbons (Fsp3) is 0.0909. The highest BCUT2D eigenvalue weighted by molar-refractivity contribution is 5.33. The molecule has 0 bridgehead atoms. The first kappa shape index (κ1) is 8.05. The summed E-state index contributed by atoms with van der Waals surface area (Å²) >= 11 is 0. The maximum atomic E-state index is 4.33. The second kappa shape index (κ2) is 3.05. The zero-order valence-electron chi connectivity index (χ0n) is 7.57. The van der Waals surface area contributed by atoms with E-state index >= 15 is 0 Å². The van der Waals surface area contributed by atoms with Crippen LogP contribution in [0.2, 0.25) is 0 Å².